The van der Waals surface area contributed by atoms with Gasteiger partial charge in [-0.2, -0.15) is 0 Å². The van der Waals surface area contributed by atoms with Gasteiger partial charge in [0, 0.05) is 22.0 Å². The topological polar surface area (TPSA) is 69.0 Å². The van der Waals surface area contributed by atoms with Gasteiger partial charge in [0.1, 0.15) is 5.75 Å². The monoisotopic (exact) mass is 498 g/mol. The number of halogens is 2. The lowest BCUT2D eigenvalue weighted by Gasteiger charge is -2.12. The van der Waals surface area contributed by atoms with E-state index in [4.69, 9.17) is 27.9 Å². The first-order valence-corrected chi connectivity index (χ1v) is 11.9. The van der Waals surface area contributed by atoms with Crippen molar-refractivity contribution in [3.05, 3.63) is 82.8 Å². The summed E-state index contributed by atoms with van der Waals surface area (Å²) in [6.07, 6.45) is 0. The number of thioether (sulfide) groups is 1. The van der Waals surface area contributed by atoms with E-state index >= 15 is 0 Å². The molecule has 1 heterocycles. The van der Waals surface area contributed by atoms with E-state index in [1.54, 1.807) is 30.3 Å². The molecule has 4 aromatic rings. The van der Waals surface area contributed by atoms with E-state index in [1.165, 1.54) is 11.8 Å². The minimum atomic E-state index is -0.164. The largest absolute Gasteiger partial charge is 0.494 e. The van der Waals surface area contributed by atoms with Gasteiger partial charge in [-0.3, -0.25) is 9.36 Å². The van der Waals surface area contributed by atoms with Crippen molar-refractivity contribution >= 4 is 46.6 Å². The molecule has 4 rings (SSSR count). The zero-order valence-corrected chi connectivity index (χ0v) is 20.0. The summed E-state index contributed by atoms with van der Waals surface area (Å²) in [5.41, 5.74) is 2.26. The summed E-state index contributed by atoms with van der Waals surface area (Å²) in [4.78, 5) is 12.5. The first kappa shape index (κ1) is 23.2. The number of rotatable bonds is 8. The lowest BCUT2D eigenvalue weighted by Crippen LogP contribution is -2.14. The highest BCUT2D eigenvalue weighted by Crippen LogP contribution is 2.32. The predicted octanol–water partition coefficient (Wildman–Crippen LogP) is 6.37. The number of nitrogens with zero attached hydrogens (tertiary/aromatic N) is 3. The first-order chi connectivity index (χ1) is 16.0. The second-order valence-corrected chi connectivity index (χ2v) is 8.68. The van der Waals surface area contributed by atoms with E-state index in [1.807, 2.05) is 54.0 Å². The van der Waals surface area contributed by atoms with E-state index in [0.29, 0.717) is 33.3 Å². The van der Waals surface area contributed by atoms with Gasteiger partial charge < -0.3 is 10.1 Å². The number of carbonyl (C=O) groups excluding carboxylic acids is 1. The van der Waals surface area contributed by atoms with Crippen LogP contribution in [0.4, 0.5) is 5.69 Å². The molecule has 0 unspecified atom stereocenters. The van der Waals surface area contributed by atoms with Crippen LogP contribution in [-0.4, -0.2) is 33.0 Å². The molecule has 0 spiro atoms. The molecule has 0 radical (unpaired) electrons. The Morgan fingerprint density at radius 1 is 1.00 bits per heavy atom. The maximum Gasteiger partial charge on any atom is 0.234 e. The number of nitrogens with one attached hydrogen (secondary N) is 1. The van der Waals surface area contributed by atoms with Crippen molar-refractivity contribution in [3.8, 4) is 22.8 Å². The summed E-state index contributed by atoms with van der Waals surface area (Å²) in [6, 6.07) is 22.0. The van der Waals surface area contributed by atoms with Crippen LogP contribution in [0.2, 0.25) is 10.0 Å². The lowest BCUT2D eigenvalue weighted by molar-refractivity contribution is -0.113. The zero-order chi connectivity index (χ0) is 23.2. The molecule has 0 aliphatic rings. The molecular formula is C24H20Cl2N4O2S. The molecule has 33 heavy (non-hydrogen) atoms. The Morgan fingerprint density at radius 3 is 2.42 bits per heavy atom. The van der Waals surface area contributed by atoms with Gasteiger partial charge in [0.25, 0.3) is 0 Å². The molecule has 9 heteroatoms. The van der Waals surface area contributed by atoms with E-state index in [2.05, 4.69) is 15.5 Å². The van der Waals surface area contributed by atoms with Crippen LogP contribution in [0.5, 0.6) is 5.75 Å². The Hall–Kier alpha value is -3.00. The van der Waals surface area contributed by atoms with Crippen molar-refractivity contribution in [3.63, 3.8) is 0 Å². The molecule has 1 N–H and O–H groups in total. The average Bonchev–Trinajstić information content (AvgIpc) is 3.24. The summed E-state index contributed by atoms with van der Waals surface area (Å²) in [6.45, 7) is 2.52. The highest BCUT2D eigenvalue weighted by molar-refractivity contribution is 7.99. The van der Waals surface area contributed by atoms with Crippen LogP contribution in [0, 0.1) is 0 Å². The maximum atomic E-state index is 12.5. The highest BCUT2D eigenvalue weighted by atomic mass is 35.5. The van der Waals surface area contributed by atoms with Crippen molar-refractivity contribution < 1.29 is 9.53 Å². The minimum Gasteiger partial charge on any atom is -0.494 e. The average molecular weight is 499 g/mol. The third-order valence-electron chi connectivity index (χ3n) is 4.61. The predicted molar refractivity (Wildman–Crippen MR) is 134 cm³/mol. The molecule has 0 fully saturated rings. The third-order valence-corrected chi connectivity index (χ3v) is 6.12. The van der Waals surface area contributed by atoms with Crippen molar-refractivity contribution in [2.75, 3.05) is 17.7 Å². The lowest BCUT2D eigenvalue weighted by atomic mass is 10.2. The Kier molecular flexibility index (Phi) is 7.54. The summed E-state index contributed by atoms with van der Waals surface area (Å²) in [5.74, 6) is 1.35. The molecule has 3 aromatic carbocycles. The molecule has 168 valence electrons. The fourth-order valence-electron chi connectivity index (χ4n) is 3.13. The van der Waals surface area contributed by atoms with E-state index in [9.17, 15) is 4.79 Å². The Morgan fingerprint density at radius 2 is 1.73 bits per heavy atom. The molecule has 1 aromatic heterocycles. The molecule has 1 amide bonds. The van der Waals surface area contributed by atoms with Gasteiger partial charge in [-0.15, -0.1) is 10.2 Å². The Labute approximate surface area is 205 Å². The standard InChI is InChI=1S/C24H20Cl2N4O2S/c1-2-32-19-13-11-18(12-14-19)30-23(20-5-3-4-6-21(20)26)28-29-24(30)33-15-22(31)27-17-9-7-16(25)8-10-17/h3-14H,2,15H2,1H3,(H,27,31). The second kappa shape index (κ2) is 10.7. The van der Waals surface area contributed by atoms with Crippen LogP contribution in [0.3, 0.4) is 0 Å². The summed E-state index contributed by atoms with van der Waals surface area (Å²) >= 11 is 13.6. The zero-order valence-electron chi connectivity index (χ0n) is 17.7. The maximum absolute atomic E-state index is 12.5. The van der Waals surface area contributed by atoms with Crippen LogP contribution < -0.4 is 10.1 Å². The molecule has 0 aliphatic heterocycles. The van der Waals surface area contributed by atoms with Gasteiger partial charge in [0.15, 0.2) is 11.0 Å². The van der Waals surface area contributed by atoms with E-state index in [-0.39, 0.29) is 11.7 Å². The Balaban J connectivity index is 1.61. The number of carbonyl (C=O) groups is 1. The number of anilines is 1. The van der Waals surface area contributed by atoms with E-state index in [0.717, 1.165) is 17.0 Å². The number of hydrogen-bond donors (Lipinski definition) is 1. The fraction of sp³-hybridized carbons (Fsp3) is 0.125. The van der Waals surface area contributed by atoms with E-state index < -0.39 is 0 Å². The minimum absolute atomic E-state index is 0.153. The number of amides is 1. The third kappa shape index (κ3) is 5.68. The van der Waals surface area contributed by atoms with Crippen molar-refractivity contribution in [1.82, 2.24) is 14.8 Å². The van der Waals surface area contributed by atoms with Gasteiger partial charge in [-0.25, -0.2) is 0 Å². The summed E-state index contributed by atoms with van der Waals surface area (Å²) < 4.78 is 7.44. The smallest absolute Gasteiger partial charge is 0.234 e. The van der Waals surface area contributed by atoms with Crippen LogP contribution in [0.25, 0.3) is 17.1 Å². The van der Waals surface area contributed by atoms with Gasteiger partial charge in [-0.05, 0) is 67.6 Å². The number of aromatic nitrogens is 3. The summed E-state index contributed by atoms with van der Waals surface area (Å²) in [5, 5.41) is 13.3. The molecule has 0 bridgehead atoms. The van der Waals surface area contributed by atoms with Crippen LogP contribution in [-0.2, 0) is 4.79 Å². The van der Waals surface area contributed by atoms with Gasteiger partial charge >= 0.3 is 0 Å². The SMILES string of the molecule is CCOc1ccc(-n2c(SCC(=O)Nc3ccc(Cl)cc3)nnc2-c2ccccc2Cl)cc1. The molecule has 0 aliphatic carbocycles. The number of ether oxygens (including phenoxy) is 1. The van der Waals surface area contributed by atoms with Gasteiger partial charge in [0.2, 0.25) is 5.91 Å². The fourth-order valence-corrected chi connectivity index (χ4v) is 4.23. The Bertz CT molecular complexity index is 1240. The highest BCUT2D eigenvalue weighted by Gasteiger charge is 2.19. The van der Waals surface area contributed by atoms with Crippen LogP contribution in [0.15, 0.2) is 78.0 Å². The van der Waals surface area contributed by atoms with Crippen molar-refractivity contribution in [2.24, 2.45) is 0 Å². The molecule has 0 saturated heterocycles. The van der Waals surface area contributed by atoms with Crippen LogP contribution in [0.1, 0.15) is 6.92 Å². The summed E-state index contributed by atoms with van der Waals surface area (Å²) in [7, 11) is 0. The van der Waals surface area contributed by atoms with Gasteiger partial charge in [0.05, 0.1) is 17.4 Å². The van der Waals surface area contributed by atoms with Crippen molar-refractivity contribution in [1.29, 1.82) is 0 Å². The number of benzene rings is 3. The van der Waals surface area contributed by atoms with Gasteiger partial charge in [-0.1, -0.05) is 47.1 Å². The van der Waals surface area contributed by atoms with Crippen LogP contribution >= 0.6 is 35.0 Å². The number of hydrogen-bond acceptors (Lipinski definition) is 5. The second-order valence-electron chi connectivity index (χ2n) is 6.89. The van der Waals surface area contributed by atoms with Crippen molar-refractivity contribution in [2.45, 2.75) is 12.1 Å². The quantitative estimate of drug-likeness (QED) is 0.285. The first-order valence-electron chi connectivity index (χ1n) is 10.2. The molecule has 0 saturated carbocycles. The molecule has 0 atom stereocenters. The molecular weight excluding hydrogens is 479 g/mol. The molecule has 6 nitrogen and oxygen atoms in total. The normalized spacial score (nSPS) is 10.8.